The van der Waals surface area contributed by atoms with Crippen LogP contribution in [0, 0.1) is 18.3 Å². The van der Waals surface area contributed by atoms with Gasteiger partial charge >= 0.3 is 0 Å². The molecule has 0 atom stereocenters. The van der Waals surface area contributed by atoms with Gasteiger partial charge in [0.05, 0.1) is 11.1 Å². The largest absolute Gasteiger partial charge is 0.488 e. The highest BCUT2D eigenvalue weighted by atomic mass is 16.5. The average molecular weight is 587 g/mol. The normalized spacial score (nSPS) is 14.9. The van der Waals surface area contributed by atoms with Crippen molar-refractivity contribution in [3.05, 3.63) is 112 Å². The lowest BCUT2D eigenvalue weighted by Gasteiger charge is -2.30. The maximum Gasteiger partial charge on any atom is 0.255 e. The number of benzene rings is 3. The van der Waals surface area contributed by atoms with Crippen molar-refractivity contribution in [3.63, 3.8) is 0 Å². The number of nitrogens with one attached hydrogen (secondary N) is 1. The van der Waals surface area contributed by atoms with Gasteiger partial charge in [0.1, 0.15) is 30.8 Å². The maximum atomic E-state index is 13.9. The number of hydrogen-bond acceptors (Lipinski definition) is 6. The number of carbonyl (C=O) groups excluding carboxylic acids is 1. The number of amides is 1. The average Bonchev–Trinajstić information content (AvgIpc) is 3.54. The van der Waals surface area contributed by atoms with Crippen LogP contribution in [0.5, 0.6) is 11.5 Å². The molecule has 1 N–H and O–H groups in total. The fraction of sp³-hybridized carbons (Fsp3) is 0.324. The van der Waals surface area contributed by atoms with Crippen LogP contribution in [0.3, 0.4) is 0 Å². The maximum absolute atomic E-state index is 13.9. The number of ether oxygens (including phenoxy) is 2. The smallest absolute Gasteiger partial charge is 0.255 e. The van der Waals surface area contributed by atoms with Crippen LogP contribution < -0.4 is 14.8 Å². The summed E-state index contributed by atoms with van der Waals surface area (Å²) in [5.41, 5.74) is 8.62. The van der Waals surface area contributed by atoms with Crippen molar-refractivity contribution >= 4 is 5.91 Å². The highest BCUT2D eigenvalue weighted by Gasteiger charge is 2.29. The van der Waals surface area contributed by atoms with Crippen LogP contribution in [0.25, 0.3) is 11.1 Å². The Morgan fingerprint density at radius 3 is 2.55 bits per heavy atom. The summed E-state index contributed by atoms with van der Waals surface area (Å²) >= 11 is 0. The summed E-state index contributed by atoms with van der Waals surface area (Å²) in [7, 11) is 2.12. The molecule has 1 fully saturated rings. The molecule has 0 unspecified atom stereocenters. The Bertz CT molecular complexity index is 1690. The minimum Gasteiger partial charge on any atom is -0.488 e. The minimum absolute atomic E-state index is 0.0884. The molecule has 1 aromatic heterocycles. The quantitative estimate of drug-likeness (QED) is 0.244. The molecule has 0 spiro atoms. The van der Waals surface area contributed by atoms with Gasteiger partial charge in [-0.2, -0.15) is 5.26 Å². The first-order valence-electron chi connectivity index (χ1n) is 15.4. The molecular formula is C37H38N4O3. The minimum atomic E-state index is -0.0884. The van der Waals surface area contributed by atoms with E-state index in [-0.39, 0.29) is 18.6 Å². The zero-order valence-electron chi connectivity index (χ0n) is 25.4. The summed E-state index contributed by atoms with van der Waals surface area (Å²) in [6.45, 7) is 4.67. The van der Waals surface area contributed by atoms with E-state index in [0.29, 0.717) is 23.5 Å². The van der Waals surface area contributed by atoms with E-state index >= 15 is 0 Å². The predicted octanol–water partition coefficient (Wildman–Crippen LogP) is 6.40. The van der Waals surface area contributed by atoms with E-state index in [1.54, 1.807) is 12.3 Å². The number of aromatic nitrogens is 1. The first kappa shape index (κ1) is 29.4. The predicted molar refractivity (Wildman–Crippen MR) is 171 cm³/mol. The lowest BCUT2D eigenvalue weighted by molar-refractivity contribution is 0.0911. The molecule has 1 aliphatic heterocycles. The van der Waals surface area contributed by atoms with Gasteiger partial charge in [-0.05, 0) is 98.6 Å². The van der Waals surface area contributed by atoms with Crippen molar-refractivity contribution in [3.8, 4) is 28.7 Å². The third-order valence-electron chi connectivity index (χ3n) is 8.84. The molecule has 1 saturated heterocycles. The highest BCUT2D eigenvalue weighted by molar-refractivity contribution is 5.99. The summed E-state index contributed by atoms with van der Waals surface area (Å²) < 4.78 is 12.9. The number of carbonyl (C=O) groups is 1. The van der Waals surface area contributed by atoms with Crippen LogP contribution in [0.2, 0.25) is 0 Å². The SMILES string of the molecule is Cc1c(COc2cc(OCc3cncc(C#N)c3)c(C(=O)NC3CCN(C)CC3)c3c2CCC3)cccc1-c1ccccc1. The number of nitrogens with zero attached hydrogens (tertiary/aromatic N) is 3. The van der Waals surface area contributed by atoms with Crippen molar-refractivity contribution in [2.75, 3.05) is 20.1 Å². The second-order valence-corrected chi connectivity index (χ2v) is 11.8. The van der Waals surface area contributed by atoms with E-state index in [9.17, 15) is 10.1 Å². The number of hydrogen-bond donors (Lipinski definition) is 1. The van der Waals surface area contributed by atoms with Crippen LogP contribution in [-0.4, -0.2) is 42.0 Å². The zero-order chi connectivity index (χ0) is 30.5. The summed E-state index contributed by atoms with van der Waals surface area (Å²) in [6, 6.07) is 22.6. The first-order chi connectivity index (χ1) is 21.5. The Morgan fingerprint density at radius 1 is 0.977 bits per heavy atom. The number of fused-ring (bicyclic) bond motifs is 1. The second-order valence-electron chi connectivity index (χ2n) is 11.8. The van der Waals surface area contributed by atoms with Gasteiger partial charge in [-0.1, -0.05) is 48.5 Å². The van der Waals surface area contributed by atoms with Gasteiger partial charge in [-0.25, -0.2) is 0 Å². The number of rotatable bonds is 9. The Balaban J connectivity index is 1.31. The standard InChI is InChI=1S/C37H38N4O3/c1-25-29(10-6-11-31(25)28-8-4-3-5-9-28)24-44-34-19-35(43-23-27-18-26(20-38)21-39-22-27)36(33-13-7-12-32(33)34)37(42)40-30-14-16-41(2)17-15-30/h3-6,8-11,18-19,21-22,30H,7,12-17,23-24H2,1-2H3,(H,40,42). The summed E-state index contributed by atoms with van der Waals surface area (Å²) in [5, 5.41) is 12.6. The molecule has 44 heavy (non-hydrogen) atoms. The number of piperidine rings is 1. The zero-order valence-corrected chi connectivity index (χ0v) is 25.4. The molecule has 3 aromatic carbocycles. The van der Waals surface area contributed by atoms with Gasteiger partial charge in [0, 0.05) is 30.1 Å². The van der Waals surface area contributed by atoms with Crippen LogP contribution in [0.4, 0.5) is 0 Å². The first-order valence-corrected chi connectivity index (χ1v) is 15.4. The lowest BCUT2D eigenvalue weighted by Crippen LogP contribution is -2.43. The summed E-state index contributed by atoms with van der Waals surface area (Å²) in [4.78, 5) is 20.4. The molecule has 6 rings (SSSR count). The Morgan fingerprint density at radius 2 is 1.75 bits per heavy atom. The number of likely N-dealkylation sites (tertiary alicyclic amines) is 1. The molecule has 7 nitrogen and oxygen atoms in total. The topological polar surface area (TPSA) is 87.5 Å². The van der Waals surface area contributed by atoms with Crippen LogP contribution in [-0.2, 0) is 26.1 Å². The van der Waals surface area contributed by atoms with E-state index in [0.717, 1.165) is 73.2 Å². The van der Waals surface area contributed by atoms with E-state index in [1.165, 1.54) is 22.9 Å². The van der Waals surface area contributed by atoms with Crippen molar-refractivity contribution in [1.82, 2.24) is 15.2 Å². The van der Waals surface area contributed by atoms with Gasteiger partial charge in [-0.3, -0.25) is 9.78 Å². The molecule has 4 aromatic rings. The van der Waals surface area contributed by atoms with E-state index in [4.69, 9.17) is 9.47 Å². The Hall–Kier alpha value is -4.67. The van der Waals surface area contributed by atoms with E-state index in [2.05, 4.69) is 77.7 Å². The summed E-state index contributed by atoms with van der Waals surface area (Å²) in [5.74, 6) is 1.18. The molecule has 2 heterocycles. The van der Waals surface area contributed by atoms with Crippen LogP contribution >= 0.6 is 0 Å². The van der Waals surface area contributed by atoms with E-state index < -0.39 is 0 Å². The molecule has 2 aliphatic rings. The molecule has 1 amide bonds. The van der Waals surface area contributed by atoms with Gasteiger partial charge in [0.2, 0.25) is 0 Å². The van der Waals surface area contributed by atoms with Crippen molar-refractivity contribution in [2.24, 2.45) is 0 Å². The van der Waals surface area contributed by atoms with Crippen molar-refractivity contribution in [1.29, 1.82) is 5.26 Å². The van der Waals surface area contributed by atoms with E-state index in [1.807, 2.05) is 12.1 Å². The Labute approximate surface area is 259 Å². The molecule has 0 saturated carbocycles. The summed E-state index contributed by atoms with van der Waals surface area (Å²) in [6.07, 6.45) is 7.68. The third-order valence-corrected chi connectivity index (χ3v) is 8.84. The van der Waals surface area contributed by atoms with Gasteiger partial charge in [-0.15, -0.1) is 0 Å². The lowest BCUT2D eigenvalue weighted by atomic mass is 9.96. The molecule has 7 heteroatoms. The van der Waals surface area contributed by atoms with Gasteiger partial charge in [0.25, 0.3) is 5.91 Å². The van der Waals surface area contributed by atoms with Crippen molar-refractivity contribution < 1.29 is 14.3 Å². The fourth-order valence-electron chi connectivity index (χ4n) is 6.34. The molecular weight excluding hydrogens is 548 g/mol. The Kier molecular flexibility index (Phi) is 8.90. The molecule has 0 radical (unpaired) electrons. The molecule has 0 bridgehead atoms. The second kappa shape index (κ2) is 13.3. The van der Waals surface area contributed by atoms with Gasteiger partial charge < -0.3 is 19.7 Å². The highest BCUT2D eigenvalue weighted by Crippen LogP contribution is 2.40. The molecule has 1 aliphatic carbocycles. The van der Waals surface area contributed by atoms with Crippen molar-refractivity contribution in [2.45, 2.75) is 58.3 Å². The van der Waals surface area contributed by atoms with Gasteiger partial charge in [0.15, 0.2) is 0 Å². The number of nitriles is 1. The number of pyridine rings is 1. The fourth-order valence-corrected chi connectivity index (χ4v) is 6.34. The monoisotopic (exact) mass is 586 g/mol. The van der Waals surface area contributed by atoms with Crippen LogP contribution in [0.1, 0.15) is 63.0 Å². The third kappa shape index (κ3) is 6.46. The van der Waals surface area contributed by atoms with Crippen LogP contribution in [0.15, 0.2) is 73.1 Å². The molecule has 224 valence electrons.